The number of likely N-dealkylation sites (N-methyl/N-ethyl adjacent to an activating group) is 1. The van der Waals surface area contributed by atoms with Gasteiger partial charge in [0.25, 0.3) is 0 Å². The number of hydrogen-bond acceptors (Lipinski definition) is 1. The third-order valence-corrected chi connectivity index (χ3v) is 6.74. The molecule has 0 unspecified atom stereocenters. The zero-order valence-corrected chi connectivity index (χ0v) is 18.2. The van der Waals surface area contributed by atoms with Gasteiger partial charge in [-0.25, -0.2) is 0 Å². The Morgan fingerprint density at radius 1 is 1.04 bits per heavy atom. The molecule has 0 atom stereocenters. The van der Waals surface area contributed by atoms with E-state index in [0.717, 1.165) is 43.5 Å². The van der Waals surface area contributed by atoms with Crippen molar-refractivity contribution in [1.82, 2.24) is 4.90 Å². The molecular weight excluding hydrogens is 423 g/mol. The summed E-state index contributed by atoms with van der Waals surface area (Å²) in [6.07, 6.45) is 5.65. The Balaban J connectivity index is 0.00000225. The molecule has 1 saturated carbocycles. The van der Waals surface area contributed by atoms with Crippen LogP contribution >= 0.6 is 0 Å². The van der Waals surface area contributed by atoms with Crippen LogP contribution in [0.25, 0.3) is 0 Å². The minimum Gasteiger partial charge on any atom is -1.00 e. The lowest BCUT2D eigenvalue weighted by Gasteiger charge is -2.47. The molecule has 1 aromatic carbocycles. The maximum absolute atomic E-state index is 13.6. The van der Waals surface area contributed by atoms with E-state index in [4.69, 9.17) is 0 Å². The summed E-state index contributed by atoms with van der Waals surface area (Å²) in [5, 5.41) is 0. The molecule has 1 heterocycles. The fourth-order valence-corrected chi connectivity index (χ4v) is 4.48. The van der Waals surface area contributed by atoms with Crippen LogP contribution in [0.3, 0.4) is 0 Å². The number of piperazine rings is 1. The predicted molar refractivity (Wildman–Crippen MR) is 98.8 cm³/mol. The van der Waals surface area contributed by atoms with Gasteiger partial charge in [-0.2, -0.15) is 0 Å². The van der Waals surface area contributed by atoms with Gasteiger partial charge in [-0.15, -0.1) is 0 Å². The van der Waals surface area contributed by atoms with E-state index in [0.29, 0.717) is 11.9 Å². The number of carbonyl (C=O) groups excluding carboxylic acids is 1. The van der Waals surface area contributed by atoms with E-state index in [1.165, 1.54) is 24.8 Å². The molecule has 1 amide bonds. The summed E-state index contributed by atoms with van der Waals surface area (Å²) < 4.78 is 1.09. The summed E-state index contributed by atoms with van der Waals surface area (Å²) >= 11 is 0. The van der Waals surface area contributed by atoms with Crippen molar-refractivity contribution in [3.8, 4) is 0 Å². The predicted octanol–water partition coefficient (Wildman–Crippen LogP) is 0.590. The molecule has 2 aliphatic rings. The van der Waals surface area contributed by atoms with Gasteiger partial charge in [-0.3, -0.25) is 4.79 Å². The number of hydrogen-bond donors (Lipinski definition) is 0. The number of amides is 1. The van der Waals surface area contributed by atoms with Crippen molar-refractivity contribution in [2.75, 3.05) is 33.2 Å². The number of quaternary nitrogens is 1. The highest BCUT2D eigenvalue weighted by Gasteiger charge is 2.45. The molecule has 1 aromatic rings. The molecule has 3 rings (SSSR count). The quantitative estimate of drug-likeness (QED) is 0.482. The van der Waals surface area contributed by atoms with Crippen molar-refractivity contribution in [3.63, 3.8) is 0 Å². The Bertz CT molecular complexity index is 559. The van der Waals surface area contributed by atoms with Gasteiger partial charge in [-0.1, -0.05) is 49.6 Å². The van der Waals surface area contributed by atoms with Crippen LogP contribution in [0.5, 0.6) is 0 Å². The summed E-state index contributed by atoms with van der Waals surface area (Å²) in [6.45, 7) is 8.56. The average Bonchev–Trinajstić information content (AvgIpc) is 2.63. The number of carbonyl (C=O) groups is 1. The normalized spacial score (nSPS) is 22.3. The van der Waals surface area contributed by atoms with Gasteiger partial charge in [0.05, 0.1) is 44.7 Å². The van der Waals surface area contributed by atoms with Gasteiger partial charge in [0, 0.05) is 0 Å². The number of rotatable bonds is 3. The Hall–Kier alpha value is -0.620. The Morgan fingerprint density at radius 2 is 1.60 bits per heavy atom. The minimum absolute atomic E-state index is 0. The zero-order valence-electron chi connectivity index (χ0n) is 16.0. The second kappa shape index (κ2) is 8.38. The lowest BCUT2D eigenvalue weighted by molar-refractivity contribution is -0.933. The first-order valence-electron chi connectivity index (χ1n) is 9.67. The lowest BCUT2D eigenvalue weighted by atomic mass is 9.68. The van der Waals surface area contributed by atoms with E-state index in [9.17, 15) is 4.79 Å². The Morgan fingerprint density at radius 3 is 2.12 bits per heavy atom. The van der Waals surface area contributed by atoms with Gasteiger partial charge in [0.2, 0.25) is 5.91 Å². The molecule has 140 valence electrons. The van der Waals surface area contributed by atoms with Crippen molar-refractivity contribution < 1.29 is 33.3 Å². The largest absolute Gasteiger partial charge is 1.00 e. The third kappa shape index (κ3) is 4.05. The molecule has 0 bridgehead atoms. The van der Waals surface area contributed by atoms with Crippen molar-refractivity contribution in [2.24, 2.45) is 0 Å². The van der Waals surface area contributed by atoms with E-state index >= 15 is 0 Å². The van der Waals surface area contributed by atoms with Crippen molar-refractivity contribution >= 4 is 5.91 Å². The van der Waals surface area contributed by atoms with Crippen molar-refractivity contribution in [1.29, 1.82) is 0 Å². The molecule has 0 aromatic heterocycles. The summed E-state index contributed by atoms with van der Waals surface area (Å²) in [7, 11) is 2.33. The van der Waals surface area contributed by atoms with Crippen LogP contribution in [0.4, 0.5) is 0 Å². The van der Waals surface area contributed by atoms with E-state index in [1.807, 2.05) is 0 Å². The SMILES string of the molecule is CC(C)[N+]1(C)CCN(C(=O)C2(c3ccccc3)CCCCC2)CC1.[I-]. The van der Waals surface area contributed by atoms with Crippen LogP contribution < -0.4 is 24.0 Å². The van der Waals surface area contributed by atoms with Gasteiger partial charge in [-0.05, 0) is 32.3 Å². The van der Waals surface area contributed by atoms with Crippen LogP contribution in [0.15, 0.2) is 30.3 Å². The van der Waals surface area contributed by atoms with Crippen LogP contribution in [0.1, 0.15) is 51.5 Å². The standard InChI is InChI=1S/C21H33N2O.HI/c1-18(2)23(3)16-14-22(15-17-23)20(24)21(12-8-5-9-13-21)19-10-6-4-7-11-19;/h4,6-7,10-11,18H,5,8-9,12-17H2,1-3H3;1H/q+1;/p-1. The Kier molecular flexibility index (Phi) is 6.94. The molecule has 1 aliphatic carbocycles. The van der Waals surface area contributed by atoms with Crippen LogP contribution in [-0.2, 0) is 10.2 Å². The summed E-state index contributed by atoms with van der Waals surface area (Å²) in [5.74, 6) is 0.392. The van der Waals surface area contributed by atoms with E-state index < -0.39 is 0 Å². The monoisotopic (exact) mass is 456 g/mol. The van der Waals surface area contributed by atoms with Crippen molar-refractivity contribution in [3.05, 3.63) is 35.9 Å². The molecule has 0 radical (unpaired) electrons. The van der Waals surface area contributed by atoms with E-state index in [-0.39, 0.29) is 29.4 Å². The first-order valence-corrected chi connectivity index (χ1v) is 9.67. The molecule has 0 spiro atoms. The summed E-state index contributed by atoms with van der Waals surface area (Å²) in [6, 6.07) is 11.2. The van der Waals surface area contributed by atoms with Crippen LogP contribution in [0, 0.1) is 0 Å². The average molecular weight is 456 g/mol. The summed E-state index contributed by atoms with van der Waals surface area (Å²) in [5.41, 5.74) is 0.972. The topological polar surface area (TPSA) is 20.3 Å². The highest BCUT2D eigenvalue weighted by molar-refractivity contribution is 5.88. The van der Waals surface area contributed by atoms with Gasteiger partial charge in [0.1, 0.15) is 0 Å². The maximum atomic E-state index is 13.6. The second-order valence-corrected chi connectivity index (χ2v) is 8.32. The molecular formula is C21H33IN2O. The molecule has 25 heavy (non-hydrogen) atoms. The molecule has 1 saturated heterocycles. The number of halogens is 1. The molecule has 0 N–H and O–H groups in total. The molecule has 2 fully saturated rings. The molecule has 1 aliphatic heterocycles. The smallest absolute Gasteiger partial charge is 0.233 e. The minimum atomic E-state index is -0.266. The fraction of sp³-hybridized carbons (Fsp3) is 0.667. The third-order valence-electron chi connectivity index (χ3n) is 6.74. The molecule has 4 heteroatoms. The van der Waals surface area contributed by atoms with Gasteiger partial charge < -0.3 is 33.4 Å². The van der Waals surface area contributed by atoms with E-state index in [1.54, 1.807) is 0 Å². The van der Waals surface area contributed by atoms with Gasteiger partial charge >= 0.3 is 0 Å². The van der Waals surface area contributed by atoms with Gasteiger partial charge in [0.15, 0.2) is 0 Å². The highest BCUT2D eigenvalue weighted by Crippen LogP contribution is 2.41. The highest BCUT2D eigenvalue weighted by atomic mass is 127. The number of benzene rings is 1. The Labute approximate surface area is 170 Å². The molecule has 3 nitrogen and oxygen atoms in total. The first-order chi connectivity index (χ1) is 11.5. The first kappa shape index (κ1) is 20.7. The number of nitrogens with zero attached hydrogens (tertiary/aromatic N) is 2. The summed E-state index contributed by atoms with van der Waals surface area (Å²) in [4.78, 5) is 15.7. The second-order valence-electron chi connectivity index (χ2n) is 8.32. The van der Waals surface area contributed by atoms with Crippen LogP contribution in [-0.4, -0.2) is 54.6 Å². The lowest BCUT2D eigenvalue weighted by Crippen LogP contribution is -3.00. The fourth-order valence-electron chi connectivity index (χ4n) is 4.48. The van der Waals surface area contributed by atoms with Crippen molar-refractivity contribution in [2.45, 2.75) is 57.4 Å². The van der Waals surface area contributed by atoms with Crippen LogP contribution in [0.2, 0.25) is 0 Å². The van der Waals surface area contributed by atoms with E-state index in [2.05, 4.69) is 56.1 Å². The maximum Gasteiger partial charge on any atom is 0.233 e. The zero-order chi connectivity index (χ0) is 17.2.